The molecule has 0 aromatic carbocycles. The van der Waals surface area contributed by atoms with E-state index < -0.39 is 0 Å². The Morgan fingerprint density at radius 1 is 1.59 bits per heavy atom. The number of anilines is 1. The van der Waals surface area contributed by atoms with Gasteiger partial charge < -0.3 is 16.0 Å². The van der Waals surface area contributed by atoms with Crippen LogP contribution < -0.4 is 11.1 Å². The summed E-state index contributed by atoms with van der Waals surface area (Å²) < 4.78 is 0. The molecule has 7 heteroatoms. The summed E-state index contributed by atoms with van der Waals surface area (Å²) in [6, 6.07) is 0.212. The molecule has 0 aliphatic carbocycles. The third-order valence-corrected chi connectivity index (χ3v) is 3.81. The van der Waals surface area contributed by atoms with Crippen LogP contribution in [0.1, 0.15) is 23.1 Å². The van der Waals surface area contributed by atoms with Crippen molar-refractivity contribution >= 4 is 22.4 Å². The molecule has 1 aliphatic heterocycles. The van der Waals surface area contributed by atoms with E-state index in [4.69, 9.17) is 5.73 Å². The Bertz CT molecular complexity index is 407. The van der Waals surface area contributed by atoms with Crippen LogP contribution in [0.15, 0.2) is 0 Å². The fourth-order valence-corrected chi connectivity index (χ4v) is 2.64. The first-order valence-corrected chi connectivity index (χ1v) is 6.46. The van der Waals surface area contributed by atoms with Gasteiger partial charge in [-0.1, -0.05) is 18.3 Å². The number of nitrogens with one attached hydrogen (secondary N) is 1. The summed E-state index contributed by atoms with van der Waals surface area (Å²) in [7, 11) is 2.10. The minimum atomic E-state index is -0.166. The average Bonchev–Trinajstić information content (AvgIpc) is 2.69. The molecule has 1 aromatic heterocycles. The minimum Gasteiger partial charge on any atom is -0.374 e. The molecule has 1 aromatic rings. The largest absolute Gasteiger partial charge is 0.374 e. The molecule has 0 radical (unpaired) electrons. The van der Waals surface area contributed by atoms with Crippen molar-refractivity contribution in [1.29, 1.82) is 0 Å². The van der Waals surface area contributed by atoms with Crippen molar-refractivity contribution in [1.82, 2.24) is 20.4 Å². The van der Waals surface area contributed by atoms with E-state index in [9.17, 15) is 4.79 Å². The van der Waals surface area contributed by atoms with Gasteiger partial charge in [-0.25, -0.2) is 0 Å². The number of piperidine rings is 1. The standard InChI is InChI=1S/C10H17N5OS/c1-6-5-15(2)4-3-7(6)12-8(16)9-13-14-10(11)17-9/h6-7H,3-5H2,1-2H3,(H2,11,14)(H,12,16). The zero-order chi connectivity index (χ0) is 12.4. The Morgan fingerprint density at radius 3 is 2.94 bits per heavy atom. The third kappa shape index (κ3) is 2.92. The lowest BCUT2D eigenvalue weighted by molar-refractivity contribution is 0.0883. The monoisotopic (exact) mass is 255 g/mol. The van der Waals surface area contributed by atoms with E-state index in [0.717, 1.165) is 30.8 Å². The molecule has 3 N–H and O–H groups in total. The van der Waals surface area contributed by atoms with Crippen molar-refractivity contribution in [3.8, 4) is 0 Å². The van der Waals surface area contributed by atoms with Gasteiger partial charge in [-0.2, -0.15) is 0 Å². The number of hydrogen-bond donors (Lipinski definition) is 2. The van der Waals surface area contributed by atoms with Gasteiger partial charge in [0.25, 0.3) is 5.91 Å². The quantitative estimate of drug-likeness (QED) is 0.788. The number of carbonyl (C=O) groups is 1. The van der Waals surface area contributed by atoms with Crippen molar-refractivity contribution in [2.24, 2.45) is 5.92 Å². The normalized spacial score (nSPS) is 25.8. The topological polar surface area (TPSA) is 84.1 Å². The van der Waals surface area contributed by atoms with Gasteiger partial charge in [0.15, 0.2) is 0 Å². The SMILES string of the molecule is CC1CN(C)CCC1NC(=O)c1nnc(N)s1. The van der Waals surface area contributed by atoms with Crippen molar-refractivity contribution in [3.05, 3.63) is 5.01 Å². The molecule has 1 fully saturated rings. The fourth-order valence-electron chi connectivity index (χ4n) is 2.13. The van der Waals surface area contributed by atoms with Crippen LogP contribution in [0, 0.1) is 5.92 Å². The molecule has 1 amide bonds. The summed E-state index contributed by atoms with van der Waals surface area (Å²) in [4.78, 5) is 14.2. The van der Waals surface area contributed by atoms with E-state index in [1.807, 2.05) is 0 Å². The second kappa shape index (κ2) is 4.97. The van der Waals surface area contributed by atoms with Gasteiger partial charge in [0.05, 0.1) is 0 Å². The average molecular weight is 255 g/mol. The lowest BCUT2D eigenvalue weighted by Gasteiger charge is -2.34. The van der Waals surface area contributed by atoms with Crippen LogP contribution in [0.2, 0.25) is 0 Å². The van der Waals surface area contributed by atoms with Gasteiger partial charge in [0, 0.05) is 12.6 Å². The number of rotatable bonds is 2. The number of carbonyl (C=O) groups excluding carboxylic acids is 1. The van der Waals surface area contributed by atoms with Crippen molar-refractivity contribution in [2.75, 3.05) is 25.9 Å². The molecule has 0 saturated carbocycles. The van der Waals surface area contributed by atoms with E-state index in [-0.39, 0.29) is 11.9 Å². The summed E-state index contributed by atoms with van der Waals surface area (Å²) in [6.07, 6.45) is 0.970. The molecule has 94 valence electrons. The first kappa shape index (κ1) is 12.3. The minimum absolute atomic E-state index is 0.166. The van der Waals surface area contributed by atoms with Gasteiger partial charge in [-0.15, -0.1) is 10.2 Å². The summed E-state index contributed by atoms with van der Waals surface area (Å²) in [5.41, 5.74) is 5.45. The predicted octanol–water partition coefficient (Wildman–Crippen LogP) is 0.190. The van der Waals surface area contributed by atoms with Crippen LogP contribution >= 0.6 is 11.3 Å². The van der Waals surface area contributed by atoms with E-state index in [1.54, 1.807) is 0 Å². The predicted molar refractivity (Wildman–Crippen MR) is 66.9 cm³/mol. The van der Waals surface area contributed by atoms with Gasteiger partial charge in [-0.05, 0) is 25.9 Å². The van der Waals surface area contributed by atoms with Crippen LogP contribution in [-0.4, -0.2) is 47.2 Å². The molecule has 2 atom stereocenters. The van der Waals surface area contributed by atoms with Crippen LogP contribution in [0.4, 0.5) is 5.13 Å². The first-order valence-electron chi connectivity index (χ1n) is 5.64. The maximum atomic E-state index is 11.9. The number of nitrogens with two attached hydrogens (primary N) is 1. The first-order chi connectivity index (χ1) is 8.06. The van der Waals surface area contributed by atoms with E-state index in [2.05, 4.69) is 34.4 Å². The van der Waals surface area contributed by atoms with Crippen LogP contribution in [-0.2, 0) is 0 Å². The molecule has 0 spiro atoms. The van der Waals surface area contributed by atoms with Gasteiger partial charge in [0.2, 0.25) is 10.1 Å². The van der Waals surface area contributed by atoms with Gasteiger partial charge in [0.1, 0.15) is 0 Å². The zero-order valence-electron chi connectivity index (χ0n) is 10.0. The molecule has 2 unspecified atom stereocenters. The summed E-state index contributed by atoms with van der Waals surface area (Å²) in [6.45, 7) is 4.16. The highest BCUT2D eigenvalue weighted by Crippen LogP contribution is 2.17. The third-order valence-electron chi connectivity index (χ3n) is 3.06. The number of likely N-dealkylation sites (tertiary alicyclic amines) is 1. The number of nitrogen functional groups attached to an aromatic ring is 1. The lowest BCUT2D eigenvalue weighted by Crippen LogP contribution is -2.48. The molecule has 2 heterocycles. The Morgan fingerprint density at radius 2 is 2.35 bits per heavy atom. The highest BCUT2D eigenvalue weighted by Gasteiger charge is 2.26. The van der Waals surface area contributed by atoms with Crippen molar-refractivity contribution in [2.45, 2.75) is 19.4 Å². The Labute approximate surface area is 104 Å². The van der Waals surface area contributed by atoms with Crippen LogP contribution in [0.3, 0.4) is 0 Å². The van der Waals surface area contributed by atoms with E-state index >= 15 is 0 Å². The van der Waals surface area contributed by atoms with Gasteiger partial charge >= 0.3 is 0 Å². The van der Waals surface area contributed by atoms with Crippen molar-refractivity contribution < 1.29 is 4.79 Å². The number of amides is 1. The summed E-state index contributed by atoms with van der Waals surface area (Å²) in [5, 5.41) is 11.1. The van der Waals surface area contributed by atoms with E-state index in [0.29, 0.717) is 16.1 Å². The maximum Gasteiger partial charge on any atom is 0.282 e. The highest BCUT2D eigenvalue weighted by atomic mass is 32.1. The molecular formula is C10H17N5OS. The molecule has 0 bridgehead atoms. The Hall–Kier alpha value is -1.21. The molecule has 1 aliphatic rings. The van der Waals surface area contributed by atoms with Crippen LogP contribution in [0.25, 0.3) is 0 Å². The molecule has 17 heavy (non-hydrogen) atoms. The molecule has 6 nitrogen and oxygen atoms in total. The van der Waals surface area contributed by atoms with Crippen molar-refractivity contribution in [3.63, 3.8) is 0 Å². The summed E-state index contributed by atoms with van der Waals surface area (Å²) in [5.74, 6) is 0.281. The fraction of sp³-hybridized carbons (Fsp3) is 0.700. The highest BCUT2D eigenvalue weighted by molar-refractivity contribution is 7.16. The second-order valence-electron chi connectivity index (χ2n) is 4.55. The molecule has 1 saturated heterocycles. The maximum absolute atomic E-state index is 11.9. The number of nitrogens with zero attached hydrogens (tertiary/aromatic N) is 3. The molecule has 2 rings (SSSR count). The Balaban J connectivity index is 1.95. The lowest BCUT2D eigenvalue weighted by atomic mass is 9.94. The Kier molecular flexibility index (Phi) is 3.58. The molecular weight excluding hydrogens is 238 g/mol. The number of hydrogen-bond acceptors (Lipinski definition) is 6. The second-order valence-corrected chi connectivity index (χ2v) is 5.56. The van der Waals surface area contributed by atoms with E-state index in [1.165, 1.54) is 0 Å². The zero-order valence-corrected chi connectivity index (χ0v) is 10.8. The summed E-state index contributed by atoms with van der Waals surface area (Å²) >= 11 is 1.12. The smallest absolute Gasteiger partial charge is 0.282 e. The van der Waals surface area contributed by atoms with Crippen LogP contribution in [0.5, 0.6) is 0 Å². The number of aromatic nitrogens is 2. The van der Waals surface area contributed by atoms with Gasteiger partial charge in [-0.3, -0.25) is 4.79 Å².